The molecule has 0 atom stereocenters. The van der Waals surface area contributed by atoms with Gasteiger partial charge in [0.25, 0.3) is 0 Å². The van der Waals surface area contributed by atoms with Crippen molar-refractivity contribution >= 4 is 0 Å². The Bertz CT molecular complexity index is 58.0. The van der Waals surface area contributed by atoms with Gasteiger partial charge in [-0.3, -0.25) is 0 Å². The van der Waals surface area contributed by atoms with Gasteiger partial charge in [0.05, 0.1) is 26.4 Å². The molecular formula is C8H18N2O2. The van der Waals surface area contributed by atoms with Gasteiger partial charge in [0.2, 0.25) is 0 Å². The summed E-state index contributed by atoms with van der Waals surface area (Å²) in [4.78, 5) is 0. The number of hydrogen-bond acceptors (Lipinski definition) is 4. The maximum absolute atomic E-state index is 4.94. The molecule has 72 valence electrons. The molecule has 2 rings (SSSR count). The third-order valence-electron chi connectivity index (χ3n) is 1.70. The lowest BCUT2D eigenvalue weighted by Crippen LogP contribution is -2.39. The third kappa shape index (κ3) is 5.49. The molecule has 0 aliphatic carbocycles. The average Bonchev–Trinajstić information content (AvgIpc) is 2.24. The molecule has 4 heteroatoms. The van der Waals surface area contributed by atoms with Crippen molar-refractivity contribution in [2.24, 2.45) is 0 Å². The molecule has 12 heavy (non-hydrogen) atoms. The Morgan fingerprint density at radius 2 is 0.917 bits per heavy atom. The second-order valence-corrected chi connectivity index (χ2v) is 2.72. The largest absolute Gasteiger partial charge is 0.377 e. The average molecular weight is 174 g/mol. The van der Waals surface area contributed by atoms with Gasteiger partial charge in [0.15, 0.2) is 0 Å². The normalized spacial score (nSPS) is 24.0. The minimum absolute atomic E-state index is 0.778. The predicted octanol–water partition coefficient (Wildman–Crippen LogP) is -0.788. The Kier molecular flexibility index (Phi) is 6.19. The number of nitrogens with one attached hydrogen (secondary N) is 2. The van der Waals surface area contributed by atoms with E-state index in [4.69, 9.17) is 9.47 Å². The van der Waals surface area contributed by atoms with Gasteiger partial charge in [-0.1, -0.05) is 0 Å². The highest BCUT2D eigenvalue weighted by Gasteiger charge is 1.94. The summed E-state index contributed by atoms with van der Waals surface area (Å²) in [5.74, 6) is 0. The molecule has 0 bridgehead atoms. The van der Waals surface area contributed by atoms with Crippen molar-refractivity contribution in [1.29, 1.82) is 0 Å². The highest BCUT2D eigenvalue weighted by atomic mass is 16.6. The first kappa shape index (κ1) is 9.92. The Morgan fingerprint density at radius 1 is 0.583 bits per heavy atom. The van der Waals surface area contributed by atoms with Gasteiger partial charge in [0.1, 0.15) is 0 Å². The van der Waals surface area contributed by atoms with E-state index in [1.54, 1.807) is 0 Å². The van der Waals surface area contributed by atoms with E-state index < -0.39 is 0 Å². The number of hydrogen-bond donors (Lipinski definition) is 2. The van der Waals surface area contributed by atoms with Crippen LogP contribution in [0, 0.1) is 0 Å². The molecule has 2 aliphatic rings. The molecule has 2 saturated heterocycles. The molecule has 4 nitrogen and oxygen atoms in total. The fourth-order valence-corrected chi connectivity index (χ4v) is 1.04. The fourth-order valence-electron chi connectivity index (χ4n) is 1.04. The van der Waals surface area contributed by atoms with Crippen LogP contribution in [0.1, 0.15) is 0 Å². The van der Waals surface area contributed by atoms with Gasteiger partial charge in [-0.15, -0.1) is 0 Å². The monoisotopic (exact) mass is 174 g/mol. The summed E-state index contributed by atoms with van der Waals surface area (Å²) in [6.45, 7) is 7.67. The van der Waals surface area contributed by atoms with E-state index in [9.17, 15) is 0 Å². The van der Waals surface area contributed by atoms with Crippen molar-refractivity contribution in [2.75, 3.05) is 52.6 Å². The third-order valence-corrected chi connectivity index (χ3v) is 1.70. The fraction of sp³-hybridized carbons (Fsp3) is 1.00. The van der Waals surface area contributed by atoms with Crippen LogP contribution in [0.3, 0.4) is 0 Å². The summed E-state index contributed by atoms with van der Waals surface area (Å²) < 4.78 is 9.89. The zero-order valence-corrected chi connectivity index (χ0v) is 7.47. The van der Waals surface area contributed by atoms with Crippen molar-refractivity contribution in [3.63, 3.8) is 0 Å². The van der Waals surface area contributed by atoms with Crippen LogP contribution in [0.4, 0.5) is 0 Å². The summed E-state index contributed by atoms with van der Waals surface area (Å²) in [5, 5.41) is 6.44. The Morgan fingerprint density at radius 3 is 1.08 bits per heavy atom. The predicted molar refractivity (Wildman–Crippen MR) is 47.4 cm³/mol. The Labute approximate surface area is 73.6 Å². The molecule has 0 radical (unpaired) electrons. The SMILES string of the molecule is C1CNCCN1.C1COCCO1. The molecule has 2 fully saturated rings. The minimum atomic E-state index is 0.778. The van der Waals surface area contributed by atoms with Crippen LogP contribution in [0.15, 0.2) is 0 Å². The first-order valence-corrected chi connectivity index (χ1v) is 4.57. The van der Waals surface area contributed by atoms with E-state index in [0.717, 1.165) is 52.6 Å². The summed E-state index contributed by atoms with van der Waals surface area (Å²) in [7, 11) is 0. The first-order valence-electron chi connectivity index (χ1n) is 4.57. The second-order valence-electron chi connectivity index (χ2n) is 2.72. The summed E-state index contributed by atoms with van der Waals surface area (Å²) in [6, 6.07) is 0. The van der Waals surface area contributed by atoms with Gasteiger partial charge in [-0.2, -0.15) is 0 Å². The van der Waals surface area contributed by atoms with E-state index in [1.807, 2.05) is 0 Å². The van der Waals surface area contributed by atoms with Crippen LogP contribution >= 0.6 is 0 Å². The summed E-state index contributed by atoms with van der Waals surface area (Å²) in [6.07, 6.45) is 0. The van der Waals surface area contributed by atoms with E-state index in [1.165, 1.54) is 0 Å². The lowest BCUT2D eigenvalue weighted by Gasteiger charge is -2.11. The van der Waals surface area contributed by atoms with Gasteiger partial charge < -0.3 is 20.1 Å². The molecule has 0 amide bonds. The van der Waals surface area contributed by atoms with Crippen LogP contribution < -0.4 is 10.6 Å². The van der Waals surface area contributed by atoms with Crippen LogP contribution in [0.5, 0.6) is 0 Å². The van der Waals surface area contributed by atoms with Crippen LogP contribution in [0.2, 0.25) is 0 Å². The standard InChI is InChI=1S/C4H10N2.C4H8O2/c2*1-2-6-4-3-5-1/h5-6H,1-4H2;1-4H2. The quantitative estimate of drug-likeness (QED) is 0.505. The van der Waals surface area contributed by atoms with Crippen LogP contribution in [-0.4, -0.2) is 52.6 Å². The molecule has 0 aromatic rings. The molecule has 2 aliphatic heterocycles. The zero-order valence-electron chi connectivity index (χ0n) is 7.47. The smallest absolute Gasteiger partial charge is 0.0701 e. The van der Waals surface area contributed by atoms with Crippen LogP contribution in [-0.2, 0) is 9.47 Å². The van der Waals surface area contributed by atoms with Crippen molar-refractivity contribution in [2.45, 2.75) is 0 Å². The maximum Gasteiger partial charge on any atom is 0.0701 e. The highest BCUT2D eigenvalue weighted by Crippen LogP contribution is 1.85. The van der Waals surface area contributed by atoms with Gasteiger partial charge in [-0.25, -0.2) is 0 Å². The maximum atomic E-state index is 4.94. The van der Waals surface area contributed by atoms with Gasteiger partial charge >= 0.3 is 0 Å². The number of ether oxygens (including phenoxy) is 2. The van der Waals surface area contributed by atoms with Crippen molar-refractivity contribution < 1.29 is 9.47 Å². The summed E-state index contributed by atoms with van der Waals surface area (Å²) >= 11 is 0. The molecule has 0 saturated carbocycles. The van der Waals surface area contributed by atoms with Crippen molar-refractivity contribution in [1.82, 2.24) is 10.6 Å². The van der Waals surface area contributed by atoms with Crippen molar-refractivity contribution in [3.05, 3.63) is 0 Å². The molecular weight excluding hydrogens is 156 g/mol. The Hall–Kier alpha value is -0.160. The van der Waals surface area contributed by atoms with Gasteiger partial charge in [-0.05, 0) is 0 Å². The Balaban J connectivity index is 0.000000120. The topological polar surface area (TPSA) is 42.5 Å². The second kappa shape index (κ2) is 7.49. The molecule has 2 N–H and O–H groups in total. The molecule has 2 heterocycles. The highest BCUT2D eigenvalue weighted by molar-refractivity contribution is 4.59. The van der Waals surface area contributed by atoms with Crippen molar-refractivity contribution in [3.8, 4) is 0 Å². The summed E-state index contributed by atoms with van der Waals surface area (Å²) in [5.41, 5.74) is 0. The van der Waals surface area contributed by atoms with E-state index in [-0.39, 0.29) is 0 Å². The van der Waals surface area contributed by atoms with E-state index in [2.05, 4.69) is 10.6 Å². The number of rotatable bonds is 0. The molecule has 0 aromatic heterocycles. The minimum Gasteiger partial charge on any atom is -0.377 e. The van der Waals surface area contributed by atoms with E-state index in [0.29, 0.717) is 0 Å². The molecule has 0 unspecified atom stereocenters. The number of piperazine rings is 1. The van der Waals surface area contributed by atoms with E-state index >= 15 is 0 Å². The molecule has 0 aromatic carbocycles. The first-order chi connectivity index (χ1) is 6.00. The molecule has 0 spiro atoms. The lowest BCUT2D eigenvalue weighted by molar-refractivity contribution is -0.0334. The van der Waals surface area contributed by atoms with Gasteiger partial charge in [0, 0.05) is 26.2 Å². The van der Waals surface area contributed by atoms with Crippen LogP contribution in [0.25, 0.3) is 0 Å². The lowest BCUT2D eigenvalue weighted by atomic mass is 10.4. The zero-order chi connectivity index (χ0) is 8.49.